The molecule has 0 aliphatic carbocycles. The van der Waals surface area contributed by atoms with E-state index in [2.05, 4.69) is 0 Å². The zero-order valence-corrected chi connectivity index (χ0v) is 16.6. The third-order valence-electron chi connectivity index (χ3n) is 5.10. The van der Waals surface area contributed by atoms with Crippen molar-refractivity contribution in [3.63, 3.8) is 0 Å². The van der Waals surface area contributed by atoms with Crippen molar-refractivity contribution in [1.82, 2.24) is 9.80 Å². The second-order valence-corrected chi connectivity index (χ2v) is 7.05. The molecular formula is C21H26N2O5. The molecule has 1 saturated heterocycles. The molecule has 2 aromatic rings. The van der Waals surface area contributed by atoms with Gasteiger partial charge in [-0.15, -0.1) is 0 Å². The summed E-state index contributed by atoms with van der Waals surface area (Å²) in [5.74, 6) is 0.391. The van der Waals surface area contributed by atoms with Crippen molar-refractivity contribution in [3.8, 4) is 5.75 Å². The van der Waals surface area contributed by atoms with Crippen LogP contribution in [0.1, 0.15) is 32.8 Å². The Morgan fingerprint density at radius 2 is 1.86 bits per heavy atom. The molecule has 150 valence electrons. The number of aryl methyl sites for hydroxylation is 1. The molecule has 0 saturated carbocycles. The van der Waals surface area contributed by atoms with E-state index in [9.17, 15) is 14.4 Å². The SMILES string of the molecule is CCc1cc(=O)oc2cc(OC(C)C(=O)N3CCCN(C(C)=O)CC3)ccc12. The summed E-state index contributed by atoms with van der Waals surface area (Å²) in [7, 11) is 0. The van der Waals surface area contributed by atoms with Crippen LogP contribution >= 0.6 is 0 Å². The van der Waals surface area contributed by atoms with Gasteiger partial charge in [-0.05, 0) is 37.5 Å². The first-order valence-electron chi connectivity index (χ1n) is 9.66. The van der Waals surface area contributed by atoms with Crippen molar-refractivity contribution in [3.05, 3.63) is 40.2 Å². The lowest BCUT2D eigenvalue weighted by atomic mass is 10.1. The summed E-state index contributed by atoms with van der Waals surface area (Å²) < 4.78 is 11.1. The highest BCUT2D eigenvalue weighted by molar-refractivity contribution is 5.83. The maximum Gasteiger partial charge on any atom is 0.336 e. The van der Waals surface area contributed by atoms with Gasteiger partial charge in [-0.1, -0.05) is 6.92 Å². The third kappa shape index (κ3) is 4.35. The van der Waals surface area contributed by atoms with Crippen LogP contribution in [0.2, 0.25) is 0 Å². The van der Waals surface area contributed by atoms with E-state index < -0.39 is 11.7 Å². The Kier molecular flexibility index (Phi) is 6.02. The monoisotopic (exact) mass is 386 g/mol. The van der Waals surface area contributed by atoms with Gasteiger partial charge in [-0.2, -0.15) is 0 Å². The highest BCUT2D eigenvalue weighted by Gasteiger charge is 2.25. The molecule has 7 nitrogen and oxygen atoms in total. The third-order valence-corrected chi connectivity index (χ3v) is 5.10. The Morgan fingerprint density at radius 1 is 1.14 bits per heavy atom. The van der Waals surface area contributed by atoms with Crippen molar-refractivity contribution < 1.29 is 18.7 Å². The van der Waals surface area contributed by atoms with Gasteiger partial charge in [0, 0.05) is 50.6 Å². The van der Waals surface area contributed by atoms with E-state index in [0.29, 0.717) is 37.5 Å². The molecule has 0 N–H and O–H groups in total. The Morgan fingerprint density at radius 3 is 2.57 bits per heavy atom. The van der Waals surface area contributed by atoms with E-state index in [-0.39, 0.29) is 11.8 Å². The molecule has 2 heterocycles. The maximum atomic E-state index is 12.8. The smallest absolute Gasteiger partial charge is 0.336 e. The van der Waals surface area contributed by atoms with Gasteiger partial charge in [-0.3, -0.25) is 9.59 Å². The normalized spacial score (nSPS) is 16.0. The molecule has 0 radical (unpaired) electrons. The van der Waals surface area contributed by atoms with Crippen LogP contribution in [0.5, 0.6) is 5.75 Å². The number of hydrogen-bond acceptors (Lipinski definition) is 5. The van der Waals surface area contributed by atoms with E-state index >= 15 is 0 Å². The minimum Gasteiger partial charge on any atom is -0.481 e. The fourth-order valence-corrected chi connectivity index (χ4v) is 3.54. The van der Waals surface area contributed by atoms with Crippen molar-refractivity contribution in [2.75, 3.05) is 26.2 Å². The molecule has 1 atom stereocenters. The number of nitrogens with zero attached hydrogens (tertiary/aromatic N) is 2. The predicted molar refractivity (Wildman–Crippen MR) is 105 cm³/mol. The van der Waals surface area contributed by atoms with Crippen molar-refractivity contribution in [2.45, 2.75) is 39.7 Å². The van der Waals surface area contributed by atoms with Gasteiger partial charge in [-0.25, -0.2) is 4.79 Å². The average molecular weight is 386 g/mol. The van der Waals surface area contributed by atoms with Crippen LogP contribution in [0.3, 0.4) is 0 Å². The van der Waals surface area contributed by atoms with Crippen LogP contribution in [0.4, 0.5) is 0 Å². The molecule has 1 aliphatic rings. The number of benzene rings is 1. The van der Waals surface area contributed by atoms with Gasteiger partial charge in [0.05, 0.1) is 0 Å². The summed E-state index contributed by atoms with van der Waals surface area (Å²) in [5.41, 5.74) is 0.972. The van der Waals surface area contributed by atoms with Crippen molar-refractivity contribution in [1.29, 1.82) is 0 Å². The number of hydrogen-bond donors (Lipinski definition) is 0. The zero-order valence-electron chi connectivity index (χ0n) is 16.6. The maximum absolute atomic E-state index is 12.8. The van der Waals surface area contributed by atoms with Gasteiger partial charge in [0.2, 0.25) is 5.91 Å². The fourth-order valence-electron chi connectivity index (χ4n) is 3.54. The second kappa shape index (κ2) is 8.46. The molecule has 2 amide bonds. The van der Waals surface area contributed by atoms with Crippen molar-refractivity contribution in [2.24, 2.45) is 0 Å². The first kappa shape index (κ1) is 19.9. The zero-order chi connectivity index (χ0) is 20.3. The van der Waals surface area contributed by atoms with E-state index in [1.165, 1.54) is 6.07 Å². The molecule has 7 heteroatoms. The quantitative estimate of drug-likeness (QED) is 0.753. The molecule has 3 rings (SSSR count). The number of fused-ring (bicyclic) bond motifs is 1. The Hall–Kier alpha value is -2.83. The van der Waals surface area contributed by atoms with Gasteiger partial charge >= 0.3 is 5.63 Å². The van der Waals surface area contributed by atoms with E-state index in [0.717, 1.165) is 23.8 Å². The number of carbonyl (C=O) groups excluding carboxylic acids is 2. The van der Waals surface area contributed by atoms with Gasteiger partial charge in [0.25, 0.3) is 5.91 Å². The lowest BCUT2D eigenvalue weighted by Gasteiger charge is -2.25. The molecule has 1 aromatic carbocycles. The summed E-state index contributed by atoms with van der Waals surface area (Å²) in [6.45, 7) is 7.53. The highest BCUT2D eigenvalue weighted by atomic mass is 16.5. The van der Waals surface area contributed by atoms with Gasteiger partial charge < -0.3 is 19.0 Å². The van der Waals surface area contributed by atoms with Gasteiger partial charge in [0.1, 0.15) is 11.3 Å². The molecular weight excluding hydrogens is 360 g/mol. The van der Waals surface area contributed by atoms with Crippen LogP contribution < -0.4 is 10.4 Å². The summed E-state index contributed by atoms with van der Waals surface area (Å²) >= 11 is 0. The van der Waals surface area contributed by atoms with Crippen LogP contribution in [0.15, 0.2) is 33.5 Å². The minimum atomic E-state index is -0.678. The van der Waals surface area contributed by atoms with E-state index in [4.69, 9.17) is 9.15 Å². The number of carbonyl (C=O) groups is 2. The lowest BCUT2D eigenvalue weighted by molar-refractivity contribution is -0.138. The first-order chi connectivity index (χ1) is 13.4. The summed E-state index contributed by atoms with van der Waals surface area (Å²) in [6, 6.07) is 6.78. The number of amides is 2. The number of rotatable bonds is 4. The molecule has 1 aromatic heterocycles. The molecule has 1 fully saturated rings. The summed E-state index contributed by atoms with van der Waals surface area (Å²) in [4.78, 5) is 39.5. The van der Waals surface area contributed by atoms with Crippen LogP contribution in [-0.2, 0) is 16.0 Å². The van der Waals surface area contributed by atoms with E-state index in [1.54, 1.807) is 35.8 Å². The van der Waals surface area contributed by atoms with Crippen molar-refractivity contribution >= 4 is 22.8 Å². The Labute approximate surface area is 163 Å². The lowest BCUT2D eigenvalue weighted by Crippen LogP contribution is -2.42. The predicted octanol–water partition coefficient (Wildman–Crippen LogP) is 2.20. The minimum absolute atomic E-state index is 0.0303. The fraction of sp³-hybridized carbons (Fsp3) is 0.476. The molecule has 0 bridgehead atoms. The first-order valence-corrected chi connectivity index (χ1v) is 9.66. The van der Waals surface area contributed by atoms with Crippen LogP contribution in [0, 0.1) is 0 Å². The van der Waals surface area contributed by atoms with E-state index in [1.807, 2.05) is 13.0 Å². The largest absolute Gasteiger partial charge is 0.481 e. The Balaban J connectivity index is 1.71. The standard InChI is InChI=1S/C21H26N2O5/c1-4-16-12-20(25)28-19-13-17(6-7-18(16)19)27-14(2)21(26)23-9-5-8-22(10-11-23)15(3)24/h6-7,12-14H,4-5,8-11H2,1-3H3. The summed E-state index contributed by atoms with van der Waals surface area (Å²) in [5, 5.41) is 0.866. The topological polar surface area (TPSA) is 80.1 Å². The highest BCUT2D eigenvalue weighted by Crippen LogP contribution is 2.24. The second-order valence-electron chi connectivity index (χ2n) is 7.05. The molecule has 1 unspecified atom stereocenters. The Bertz CT molecular complexity index is 936. The molecule has 28 heavy (non-hydrogen) atoms. The number of ether oxygens (including phenoxy) is 1. The molecule has 0 spiro atoms. The van der Waals surface area contributed by atoms with Crippen LogP contribution in [0.25, 0.3) is 11.0 Å². The summed E-state index contributed by atoms with van der Waals surface area (Å²) in [6.07, 6.45) is 0.796. The van der Waals surface area contributed by atoms with Gasteiger partial charge in [0.15, 0.2) is 6.10 Å². The van der Waals surface area contributed by atoms with Crippen LogP contribution in [-0.4, -0.2) is 53.9 Å². The molecule has 1 aliphatic heterocycles. The average Bonchev–Trinajstić information content (AvgIpc) is 2.92.